The minimum atomic E-state index is -3.62. The number of hydrogen-bond donors (Lipinski definition) is 1. The van der Waals surface area contributed by atoms with Crippen LogP contribution in [0.2, 0.25) is 0 Å². The Morgan fingerprint density at radius 1 is 1.32 bits per heavy atom. The fourth-order valence-electron chi connectivity index (χ4n) is 3.14. The Kier molecular flexibility index (Phi) is 5.07. The van der Waals surface area contributed by atoms with Gasteiger partial charge in [0.15, 0.2) is 5.82 Å². The maximum Gasteiger partial charge on any atom is 0.243 e. The predicted octanol–water partition coefficient (Wildman–Crippen LogP) is 1.17. The van der Waals surface area contributed by atoms with Gasteiger partial charge in [0.2, 0.25) is 10.0 Å². The molecule has 0 aliphatic carbocycles. The number of sulfonamides is 1. The Balaban J connectivity index is 1.89. The van der Waals surface area contributed by atoms with E-state index in [9.17, 15) is 8.42 Å². The van der Waals surface area contributed by atoms with E-state index in [1.807, 2.05) is 6.92 Å². The van der Waals surface area contributed by atoms with Crippen molar-refractivity contribution >= 4 is 10.0 Å². The molecule has 0 saturated carbocycles. The number of benzene rings is 1. The number of nitrogens with one attached hydrogen (secondary N) is 1. The second-order valence-electron chi connectivity index (χ2n) is 6.10. The van der Waals surface area contributed by atoms with Crippen LogP contribution in [0.4, 0.5) is 0 Å². The zero-order valence-electron chi connectivity index (χ0n) is 14.5. The minimum Gasteiger partial charge on any atom is -0.497 e. The van der Waals surface area contributed by atoms with Gasteiger partial charge in [-0.15, -0.1) is 0 Å². The van der Waals surface area contributed by atoms with Crippen molar-refractivity contribution in [2.24, 2.45) is 5.92 Å². The smallest absolute Gasteiger partial charge is 0.243 e. The summed E-state index contributed by atoms with van der Waals surface area (Å²) < 4.78 is 37.9. The van der Waals surface area contributed by atoms with Crippen molar-refractivity contribution in [1.82, 2.24) is 19.5 Å². The van der Waals surface area contributed by atoms with Crippen LogP contribution in [0.5, 0.6) is 5.75 Å². The average molecular weight is 366 g/mol. The first-order chi connectivity index (χ1) is 12.0. The van der Waals surface area contributed by atoms with E-state index in [0.29, 0.717) is 37.1 Å². The number of ether oxygens (including phenoxy) is 2. The van der Waals surface area contributed by atoms with Crippen LogP contribution in [0.15, 0.2) is 29.2 Å². The zero-order chi connectivity index (χ0) is 18.0. The molecule has 1 N–H and O–H groups in total. The maximum absolute atomic E-state index is 13.0. The third-order valence-corrected chi connectivity index (χ3v) is 6.24. The highest BCUT2D eigenvalue weighted by atomic mass is 32.2. The molecule has 2 aromatic rings. The number of rotatable bonds is 6. The molecule has 8 nitrogen and oxygen atoms in total. The van der Waals surface area contributed by atoms with Gasteiger partial charge < -0.3 is 9.47 Å². The standard InChI is InChI=1S/C16H22N4O4S/c1-11-17-16(19-18-11)15-9-20(8-12(15)10-23-2)25(21,22)14-6-4-5-13(7-14)24-3/h4-7,12,15H,8-10H2,1-3H3,(H,17,18,19)/t12-,15+/m0/s1. The minimum absolute atomic E-state index is 0.000540. The highest BCUT2D eigenvalue weighted by molar-refractivity contribution is 7.89. The first kappa shape index (κ1) is 17.8. The Labute approximate surface area is 147 Å². The van der Waals surface area contributed by atoms with Crippen LogP contribution in [0.3, 0.4) is 0 Å². The average Bonchev–Trinajstić information content (AvgIpc) is 3.22. The van der Waals surface area contributed by atoms with Crippen molar-refractivity contribution < 1.29 is 17.9 Å². The summed E-state index contributed by atoms with van der Waals surface area (Å²) in [5.41, 5.74) is 0. The molecule has 136 valence electrons. The second-order valence-corrected chi connectivity index (χ2v) is 8.04. The van der Waals surface area contributed by atoms with Gasteiger partial charge in [0.1, 0.15) is 11.6 Å². The Hall–Kier alpha value is -1.97. The number of aromatic nitrogens is 3. The summed E-state index contributed by atoms with van der Waals surface area (Å²) in [5.74, 6) is 1.74. The molecule has 0 bridgehead atoms. The lowest BCUT2D eigenvalue weighted by atomic mass is 9.96. The van der Waals surface area contributed by atoms with E-state index in [1.165, 1.54) is 17.5 Å². The topological polar surface area (TPSA) is 97.4 Å². The third kappa shape index (κ3) is 3.53. The highest BCUT2D eigenvalue weighted by Crippen LogP contribution is 2.34. The van der Waals surface area contributed by atoms with Crippen LogP contribution in [-0.2, 0) is 14.8 Å². The van der Waals surface area contributed by atoms with Gasteiger partial charge in [0, 0.05) is 38.1 Å². The van der Waals surface area contributed by atoms with Crippen LogP contribution < -0.4 is 4.74 Å². The molecule has 0 spiro atoms. The Morgan fingerprint density at radius 2 is 2.12 bits per heavy atom. The fraction of sp³-hybridized carbons (Fsp3) is 0.500. The van der Waals surface area contributed by atoms with Crippen molar-refractivity contribution in [2.75, 3.05) is 33.9 Å². The first-order valence-corrected chi connectivity index (χ1v) is 9.41. The van der Waals surface area contributed by atoms with Crippen LogP contribution in [0.25, 0.3) is 0 Å². The number of H-pyrrole nitrogens is 1. The summed E-state index contributed by atoms with van der Waals surface area (Å²) in [7, 11) is -0.502. The van der Waals surface area contributed by atoms with Crippen LogP contribution in [-0.4, -0.2) is 61.8 Å². The molecule has 2 heterocycles. The zero-order valence-corrected chi connectivity index (χ0v) is 15.3. The van der Waals surface area contributed by atoms with Gasteiger partial charge in [-0.3, -0.25) is 5.10 Å². The number of hydrogen-bond acceptors (Lipinski definition) is 6. The molecule has 1 aliphatic heterocycles. The third-order valence-electron chi connectivity index (χ3n) is 4.41. The molecule has 0 amide bonds. The van der Waals surface area contributed by atoms with Crippen LogP contribution in [0, 0.1) is 12.8 Å². The predicted molar refractivity (Wildman–Crippen MR) is 91.0 cm³/mol. The molecule has 1 saturated heterocycles. The molecule has 0 radical (unpaired) electrons. The molecular formula is C16H22N4O4S. The summed E-state index contributed by atoms with van der Waals surface area (Å²) in [5, 5.41) is 7.04. The van der Waals surface area contributed by atoms with Gasteiger partial charge in [-0.05, 0) is 19.1 Å². The van der Waals surface area contributed by atoms with E-state index < -0.39 is 10.0 Å². The molecule has 9 heteroatoms. The Morgan fingerprint density at radius 3 is 2.76 bits per heavy atom. The van der Waals surface area contributed by atoms with Gasteiger partial charge in [-0.1, -0.05) is 6.07 Å². The van der Waals surface area contributed by atoms with Crippen molar-refractivity contribution in [1.29, 1.82) is 0 Å². The molecule has 1 aliphatic rings. The van der Waals surface area contributed by atoms with E-state index in [2.05, 4.69) is 15.2 Å². The van der Waals surface area contributed by atoms with Gasteiger partial charge in [0.25, 0.3) is 0 Å². The van der Waals surface area contributed by atoms with Crippen molar-refractivity contribution in [3.63, 3.8) is 0 Å². The molecule has 1 fully saturated rings. The molecule has 1 aromatic carbocycles. The molecule has 0 unspecified atom stereocenters. The van der Waals surface area contributed by atoms with Gasteiger partial charge in [0.05, 0.1) is 18.6 Å². The highest BCUT2D eigenvalue weighted by Gasteiger charge is 2.41. The lowest BCUT2D eigenvalue weighted by molar-refractivity contribution is 0.150. The molecule has 25 heavy (non-hydrogen) atoms. The van der Waals surface area contributed by atoms with E-state index in [1.54, 1.807) is 25.3 Å². The quantitative estimate of drug-likeness (QED) is 0.824. The lowest BCUT2D eigenvalue weighted by Crippen LogP contribution is -2.29. The molecule has 3 rings (SSSR count). The van der Waals surface area contributed by atoms with Gasteiger partial charge in [-0.25, -0.2) is 13.4 Å². The number of methoxy groups -OCH3 is 2. The summed E-state index contributed by atoms with van der Waals surface area (Å²) in [6.45, 7) is 2.96. The van der Waals surface area contributed by atoms with Gasteiger partial charge >= 0.3 is 0 Å². The van der Waals surface area contributed by atoms with Crippen LogP contribution in [0.1, 0.15) is 17.6 Å². The summed E-state index contributed by atoms with van der Waals surface area (Å²) in [4.78, 5) is 4.60. The van der Waals surface area contributed by atoms with E-state index >= 15 is 0 Å². The number of nitrogens with zero attached hydrogens (tertiary/aromatic N) is 3. The molecule has 2 atom stereocenters. The normalized spacial score (nSPS) is 21.6. The van der Waals surface area contributed by atoms with E-state index in [0.717, 1.165) is 0 Å². The molecule has 1 aromatic heterocycles. The summed E-state index contributed by atoms with van der Waals surface area (Å²) >= 11 is 0. The van der Waals surface area contributed by atoms with Crippen molar-refractivity contribution in [3.05, 3.63) is 35.9 Å². The van der Waals surface area contributed by atoms with E-state index in [-0.39, 0.29) is 16.7 Å². The summed E-state index contributed by atoms with van der Waals surface area (Å²) in [6, 6.07) is 6.50. The second kappa shape index (κ2) is 7.11. The van der Waals surface area contributed by atoms with Crippen molar-refractivity contribution in [3.8, 4) is 5.75 Å². The Bertz CT molecular complexity index is 836. The maximum atomic E-state index is 13.0. The SMILES string of the molecule is COC[C@@H]1CN(S(=O)(=O)c2cccc(OC)c2)C[C@H]1c1n[nH]c(C)n1. The fourth-order valence-corrected chi connectivity index (χ4v) is 4.70. The number of aromatic amines is 1. The first-order valence-electron chi connectivity index (χ1n) is 7.97. The van der Waals surface area contributed by atoms with E-state index in [4.69, 9.17) is 9.47 Å². The largest absolute Gasteiger partial charge is 0.497 e. The summed E-state index contributed by atoms with van der Waals surface area (Å²) in [6.07, 6.45) is 0. The number of aryl methyl sites for hydroxylation is 1. The van der Waals surface area contributed by atoms with Crippen molar-refractivity contribution in [2.45, 2.75) is 17.7 Å². The monoisotopic (exact) mass is 366 g/mol. The molecular weight excluding hydrogens is 344 g/mol. The van der Waals surface area contributed by atoms with Gasteiger partial charge in [-0.2, -0.15) is 9.40 Å². The lowest BCUT2D eigenvalue weighted by Gasteiger charge is -2.16. The van der Waals surface area contributed by atoms with Crippen LogP contribution >= 0.6 is 0 Å².